The van der Waals surface area contributed by atoms with Crippen molar-refractivity contribution in [3.63, 3.8) is 0 Å². The molecule has 10 heteroatoms. The first-order chi connectivity index (χ1) is 15.4. The Hall–Kier alpha value is -3.05. The molecule has 1 saturated heterocycles. The molecule has 0 radical (unpaired) electrons. The predicted octanol–water partition coefficient (Wildman–Crippen LogP) is 2.32. The molecule has 5 N–H and O–H groups in total. The summed E-state index contributed by atoms with van der Waals surface area (Å²) in [6.07, 6.45) is 1.71. The molecule has 0 atom stereocenters. The smallest absolute Gasteiger partial charge is 0.238 e. The van der Waals surface area contributed by atoms with Crippen LogP contribution in [0.15, 0.2) is 59.6 Å². The van der Waals surface area contributed by atoms with Crippen molar-refractivity contribution >= 4 is 33.2 Å². The molecule has 1 aliphatic heterocycles. The highest BCUT2D eigenvalue weighted by molar-refractivity contribution is 7.89. The van der Waals surface area contributed by atoms with Crippen molar-refractivity contribution in [2.24, 2.45) is 5.14 Å². The second-order valence-electron chi connectivity index (χ2n) is 7.77. The van der Waals surface area contributed by atoms with Gasteiger partial charge < -0.3 is 16.0 Å². The Balaban J connectivity index is 1.44. The Morgan fingerprint density at radius 3 is 2.53 bits per heavy atom. The third-order valence-electron chi connectivity index (χ3n) is 5.22. The van der Waals surface area contributed by atoms with Gasteiger partial charge in [-0.1, -0.05) is 18.2 Å². The number of sulfonamides is 1. The van der Waals surface area contributed by atoms with Crippen LogP contribution in [0.2, 0.25) is 0 Å². The molecule has 9 nitrogen and oxygen atoms in total. The minimum Gasteiger partial charge on any atom is -0.340 e. The molecular weight excluding hydrogens is 426 g/mol. The summed E-state index contributed by atoms with van der Waals surface area (Å²) in [6.45, 7) is 7.01. The Kier molecular flexibility index (Phi) is 6.66. The topological polar surface area (TPSA) is 125 Å². The van der Waals surface area contributed by atoms with Gasteiger partial charge in [0.2, 0.25) is 16.0 Å². The van der Waals surface area contributed by atoms with Crippen molar-refractivity contribution in [3.8, 4) is 0 Å². The second kappa shape index (κ2) is 9.61. The van der Waals surface area contributed by atoms with Crippen LogP contribution in [-0.2, 0) is 16.6 Å². The Bertz CT molecular complexity index is 1180. The summed E-state index contributed by atoms with van der Waals surface area (Å²) in [4.78, 5) is 11.4. The number of nitrogens with two attached hydrogens (primary N) is 1. The van der Waals surface area contributed by atoms with E-state index >= 15 is 0 Å². The summed E-state index contributed by atoms with van der Waals surface area (Å²) in [7, 11) is -3.78. The molecule has 1 aromatic heterocycles. The highest BCUT2D eigenvalue weighted by Gasteiger charge is 2.11. The number of anilines is 4. The fourth-order valence-corrected chi connectivity index (χ4v) is 4.03. The molecule has 2 heterocycles. The van der Waals surface area contributed by atoms with E-state index in [9.17, 15) is 8.42 Å². The van der Waals surface area contributed by atoms with Crippen molar-refractivity contribution in [1.29, 1.82) is 0 Å². The molecule has 4 rings (SSSR count). The van der Waals surface area contributed by atoms with Gasteiger partial charge in [0.25, 0.3) is 0 Å². The zero-order valence-corrected chi connectivity index (χ0v) is 18.7. The minimum absolute atomic E-state index is 0.0356. The Labute approximate surface area is 188 Å². The van der Waals surface area contributed by atoms with Gasteiger partial charge in [-0.05, 0) is 42.8 Å². The Morgan fingerprint density at radius 2 is 1.81 bits per heavy atom. The van der Waals surface area contributed by atoms with Crippen LogP contribution in [0.25, 0.3) is 0 Å². The molecule has 0 unspecified atom stereocenters. The van der Waals surface area contributed by atoms with Gasteiger partial charge in [0.1, 0.15) is 5.82 Å². The van der Waals surface area contributed by atoms with Crippen LogP contribution in [0.1, 0.15) is 11.1 Å². The largest absolute Gasteiger partial charge is 0.340 e. The molecule has 168 valence electrons. The summed E-state index contributed by atoms with van der Waals surface area (Å²) in [5.74, 6) is 1.01. The summed E-state index contributed by atoms with van der Waals surface area (Å²) < 4.78 is 23.2. The number of nitrogens with zero attached hydrogens (tertiary/aromatic N) is 3. The summed E-state index contributed by atoms with van der Waals surface area (Å²) >= 11 is 0. The lowest BCUT2D eigenvalue weighted by atomic mass is 10.2. The molecule has 0 aliphatic carbocycles. The standard InChI is InChI=1S/C22H27N7O2S/c1-16-14-25-22(28-21(16)26-19-3-2-4-20(13-19)32(23,30)31)27-18-7-5-17(6-8-18)15-29-11-9-24-10-12-29/h2-8,13-14,24H,9-12,15H2,1H3,(H2,23,30,31)(H2,25,26,27,28). The first kappa shape index (κ1) is 22.2. The van der Waals surface area contributed by atoms with Crippen LogP contribution in [-0.4, -0.2) is 49.5 Å². The average Bonchev–Trinajstić information content (AvgIpc) is 2.78. The van der Waals surface area contributed by atoms with E-state index < -0.39 is 10.0 Å². The predicted molar refractivity (Wildman–Crippen MR) is 126 cm³/mol. The highest BCUT2D eigenvalue weighted by atomic mass is 32.2. The van der Waals surface area contributed by atoms with E-state index in [-0.39, 0.29) is 4.90 Å². The minimum atomic E-state index is -3.78. The number of hydrogen-bond donors (Lipinski definition) is 4. The van der Waals surface area contributed by atoms with Crippen molar-refractivity contribution in [2.45, 2.75) is 18.4 Å². The van der Waals surface area contributed by atoms with Gasteiger partial charge in [-0.15, -0.1) is 0 Å². The van der Waals surface area contributed by atoms with Crippen molar-refractivity contribution in [1.82, 2.24) is 20.2 Å². The highest BCUT2D eigenvalue weighted by Crippen LogP contribution is 2.23. The van der Waals surface area contributed by atoms with Crippen LogP contribution >= 0.6 is 0 Å². The maximum absolute atomic E-state index is 11.6. The number of benzene rings is 2. The third-order valence-corrected chi connectivity index (χ3v) is 6.13. The quantitative estimate of drug-likeness (QED) is 0.430. The number of aryl methyl sites for hydroxylation is 1. The summed E-state index contributed by atoms with van der Waals surface area (Å²) in [5, 5.41) is 15.0. The van der Waals surface area contributed by atoms with Crippen LogP contribution in [0.4, 0.5) is 23.1 Å². The van der Waals surface area contributed by atoms with Gasteiger partial charge in [0.05, 0.1) is 4.90 Å². The molecule has 0 amide bonds. The van der Waals surface area contributed by atoms with Gasteiger partial charge in [0.15, 0.2) is 0 Å². The zero-order valence-electron chi connectivity index (χ0n) is 17.9. The van der Waals surface area contributed by atoms with Crippen LogP contribution in [0.5, 0.6) is 0 Å². The van der Waals surface area contributed by atoms with Gasteiger partial charge in [-0.2, -0.15) is 4.98 Å². The van der Waals surface area contributed by atoms with Gasteiger partial charge in [-0.25, -0.2) is 18.5 Å². The monoisotopic (exact) mass is 453 g/mol. The van der Waals surface area contributed by atoms with E-state index in [1.165, 1.54) is 17.7 Å². The van der Waals surface area contributed by atoms with E-state index in [1.54, 1.807) is 18.3 Å². The lowest BCUT2D eigenvalue weighted by molar-refractivity contribution is 0.233. The fraction of sp³-hybridized carbons (Fsp3) is 0.273. The zero-order chi connectivity index (χ0) is 22.6. The molecular formula is C22H27N7O2S. The normalized spacial score (nSPS) is 14.8. The number of primary sulfonamides is 1. The van der Waals surface area contributed by atoms with Crippen molar-refractivity contribution in [3.05, 3.63) is 65.9 Å². The van der Waals surface area contributed by atoms with E-state index in [0.29, 0.717) is 17.5 Å². The van der Waals surface area contributed by atoms with Gasteiger partial charge in [-0.3, -0.25) is 4.90 Å². The summed E-state index contributed by atoms with van der Waals surface area (Å²) in [5.41, 5.74) is 3.55. The fourth-order valence-electron chi connectivity index (χ4n) is 3.47. The number of rotatable bonds is 7. The maximum atomic E-state index is 11.6. The third kappa shape index (κ3) is 5.80. The van der Waals surface area contributed by atoms with E-state index in [4.69, 9.17) is 5.14 Å². The van der Waals surface area contributed by atoms with E-state index in [2.05, 4.69) is 43.0 Å². The molecule has 0 bridgehead atoms. The lowest BCUT2D eigenvalue weighted by Gasteiger charge is -2.27. The van der Waals surface area contributed by atoms with E-state index in [0.717, 1.165) is 44.0 Å². The lowest BCUT2D eigenvalue weighted by Crippen LogP contribution is -2.42. The van der Waals surface area contributed by atoms with Crippen LogP contribution in [0, 0.1) is 6.92 Å². The first-order valence-electron chi connectivity index (χ1n) is 10.4. The molecule has 0 spiro atoms. The van der Waals surface area contributed by atoms with Gasteiger partial charge >= 0.3 is 0 Å². The number of aromatic nitrogens is 2. The van der Waals surface area contributed by atoms with Crippen molar-refractivity contribution in [2.75, 3.05) is 36.8 Å². The Morgan fingerprint density at radius 1 is 1.06 bits per heavy atom. The molecule has 1 aliphatic rings. The number of nitrogens with one attached hydrogen (secondary N) is 3. The molecule has 0 saturated carbocycles. The summed E-state index contributed by atoms with van der Waals surface area (Å²) in [6, 6.07) is 14.5. The number of piperazine rings is 1. The maximum Gasteiger partial charge on any atom is 0.238 e. The van der Waals surface area contributed by atoms with Crippen LogP contribution < -0.4 is 21.1 Å². The molecule has 3 aromatic rings. The number of hydrogen-bond acceptors (Lipinski definition) is 8. The molecule has 2 aromatic carbocycles. The molecule has 32 heavy (non-hydrogen) atoms. The van der Waals surface area contributed by atoms with E-state index in [1.807, 2.05) is 19.1 Å². The molecule has 1 fully saturated rings. The van der Waals surface area contributed by atoms with Crippen molar-refractivity contribution < 1.29 is 8.42 Å². The second-order valence-corrected chi connectivity index (χ2v) is 9.33. The van der Waals surface area contributed by atoms with Crippen LogP contribution in [0.3, 0.4) is 0 Å². The average molecular weight is 454 g/mol. The first-order valence-corrected chi connectivity index (χ1v) is 11.9. The SMILES string of the molecule is Cc1cnc(Nc2ccc(CN3CCNCC3)cc2)nc1Nc1cccc(S(N)(=O)=O)c1. The van der Waals surface area contributed by atoms with Gasteiger partial charge in [0, 0.05) is 55.9 Å².